The van der Waals surface area contributed by atoms with Gasteiger partial charge in [0.25, 0.3) is 0 Å². The van der Waals surface area contributed by atoms with Gasteiger partial charge in [0.1, 0.15) is 6.54 Å². The molecule has 2 N–H and O–H groups in total. The van der Waals surface area contributed by atoms with Crippen LogP contribution in [0.25, 0.3) is 11.4 Å². The third kappa shape index (κ3) is 4.90. The van der Waals surface area contributed by atoms with E-state index in [1.807, 2.05) is 13.8 Å². The molecule has 0 spiro atoms. The molecule has 9 heteroatoms. The van der Waals surface area contributed by atoms with Crippen LogP contribution < -0.4 is 5.32 Å². The Morgan fingerprint density at radius 3 is 2.60 bits per heavy atom. The summed E-state index contributed by atoms with van der Waals surface area (Å²) in [5, 5.41) is 10.2. The van der Waals surface area contributed by atoms with Crippen LogP contribution in [0.15, 0.2) is 24.3 Å². The maximum atomic E-state index is 12.6. The number of hydrogen-bond donors (Lipinski definition) is 2. The summed E-state index contributed by atoms with van der Waals surface area (Å²) in [7, 11) is 0. The first-order valence-electron chi connectivity index (χ1n) is 7.91. The van der Waals surface area contributed by atoms with Gasteiger partial charge in [-0.25, -0.2) is 0 Å². The number of amides is 2. The van der Waals surface area contributed by atoms with Gasteiger partial charge in [-0.3, -0.25) is 19.3 Å². The molecule has 25 heavy (non-hydrogen) atoms. The lowest BCUT2D eigenvalue weighted by Crippen LogP contribution is -2.42. The third-order valence-corrected chi connectivity index (χ3v) is 4.16. The highest BCUT2D eigenvalue weighted by molar-refractivity contribution is 7.71. The van der Waals surface area contributed by atoms with E-state index in [4.69, 9.17) is 23.8 Å². The van der Waals surface area contributed by atoms with E-state index in [1.165, 1.54) is 4.90 Å². The minimum absolute atomic E-state index is 0.000534. The maximum absolute atomic E-state index is 12.6. The van der Waals surface area contributed by atoms with Crippen molar-refractivity contribution in [3.63, 3.8) is 0 Å². The summed E-state index contributed by atoms with van der Waals surface area (Å²) in [5.74, 6) is 0.150. The fourth-order valence-electron chi connectivity index (χ4n) is 2.32. The van der Waals surface area contributed by atoms with Gasteiger partial charge < -0.3 is 10.2 Å². The van der Waals surface area contributed by atoms with Crippen molar-refractivity contribution < 1.29 is 9.59 Å². The van der Waals surface area contributed by atoms with E-state index in [-0.39, 0.29) is 24.9 Å². The van der Waals surface area contributed by atoms with E-state index >= 15 is 0 Å². The van der Waals surface area contributed by atoms with Gasteiger partial charge in [-0.15, -0.1) is 0 Å². The minimum atomic E-state index is -0.207. The Kier molecular flexibility index (Phi) is 6.72. The molecule has 1 aromatic heterocycles. The van der Waals surface area contributed by atoms with Crippen molar-refractivity contribution in [2.24, 2.45) is 0 Å². The normalized spacial score (nSPS) is 10.5. The van der Waals surface area contributed by atoms with Gasteiger partial charge in [-0.05, 0) is 50.3 Å². The van der Waals surface area contributed by atoms with Gasteiger partial charge in [0.15, 0.2) is 10.6 Å². The number of nitrogens with one attached hydrogen (secondary N) is 2. The number of aromatic amines is 1. The smallest absolute Gasteiger partial charge is 0.243 e. The molecule has 2 rings (SSSR count). The van der Waals surface area contributed by atoms with E-state index in [1.54, 1.807) is 28.8 Å². The van der Waals surface area contributed by atoms with E-state index < -0.39 is 0 Å². The molecule has 0 saturated carbocycles. The summed E-state index contributed by atoms with van der Waals surface area (Å²) >= 11 is 11.1. The molecule has 7 nitrogen and oxygen atoms in total. The number of nitrogens with zero attached hydrogens (tertiary/aromatic N) is 3. The largest absolute Gasteiger partial charge is 0.355 e. The first-order chi connectivity index (χ1) is 12.0. The molecule has 0 unspecified atom stereocenters. The molecule has 0 aliphatic carbocycles. The molecule has 1 aromatic carbocycles. The summed E-state index contributed by atoms with van der Waals surface area (Å²) < 4.78 is 1.95. The van der Waals surface area contributed by atoms with Crippen LogP contribution in [0.4, 0.5) is 0 Å². The standard InChI is InChI=1S/C16H20ClN5O2S/c1-3-18-13(23)9-21(4-2)14(24)10-22-15(19-20-16(22)25)11-5-7-12(17)8-6-11/h5-8H,3-4,9-10H2,1-2H3,(H,18,23)(H,20,25). The van der Waals surface area contributed by atoms with E-state index in [2.05, 4.69) is 15.5 Å². The molecule has 1 heterocycles. The summed E-state index contributed by atoms with van der Waals surface area (Å²) in [4.78, 5) is 25.8. The lowest BCUT2D eigenvalue weighted by Gasteiger charge is -2.20. The van der Waals surface area contributed by atoms with Crippen LogP contribution in [-0.2, 0) is 16.1 Å². The number of likely N-dealkylation sites (N-methyl/N-ethyl adjacent to an activating group) is 2. The maximum Gasteiger partial charge on any atom is 0.243 e. The predicted molar refractivity (Wildman–Crippen MR) is 98.8 cm³/mol. The summed E-state index contributed by atoms with van der Waals surface area (Å²) in [6.45, 7) is 4.63. The van der Waals surface area contributed by atoms with Crippen molar-refractivity contribution in [1.29, 1.82) is 0 Å². The molecular weight excluding hydrogens is 362 g/mol. The van der Waals surface area contributed by atoms with Gasteiger partial charge in [-0.1, -0.05) is 11.6 Å². The number of hydrogen-bond acceptors (Lipinski definition) is 4. The fourth-order valence-corrected chi connectivity index (χ4v) is 2.64. The number of aromatic nitrogens is 3. The Morgan fingerprint density at radius 2 is 2.00 bits per heavy atom. The minimum Gasteiger partial charge on any atom is -0.355 e. The molecular formula is C16H20ClN5O2S. The number of halogens is 1. The zero-order valence-electron chi connectivity index (χ0n) is 14.1. The van der Waals surface area contributed by atoms with Crippen molar-refractivity contribution in [3.05, 3.63) is 34.1 Å². The highest BCUT2D eigenvalue weighted by Crippen LogP contribution is 2.20. The van der Waals surface area contributed by atoms with Gasteiger partial charge in [0, 0.05) is 23.7 Å². The van der Waals surface area contributed by atoms with Crippen molar-refractivity contribution in [2.75, 3.05) is 19.6 Å². The zero-order valence-corrected chi connectivity index (χ0v) is 15.7. The van der Waals surface area contributed by atoms with Crippen molar-refractivity contribution >= 4 is 35.6 Å². The quantitative estimate of drug-likeness (QED) is 0.720. The monoisotopic (exact) mass is 381 g/mol. The highest BCUT2D eigenvalue weighted by Gasteiger charge is 2.18. The lowest BCUT2D eigenvalue weighted by molar-refractivity contribution is -0.136. The number of carbonyl (C=O) groups excluding carboxylic acids is 2. The highest BCUT2D eigenvalue weighted by atomic mass is 35.5. The van der Waals surface area contributed by atoms with Crippen LogP contribution in [0.3, 0.4) is 0 Å². The molecule has 0 bridgehead atoms. The number of carbonyl (C=O) groups is 2. The Bertz CT molecular complexity index is 800. The van der Waals surface area contributed by atoms with Crippen LogP contribution in [0.5, 0.6) is 0 Å². The van der Waals surface area contributed by atoms with Crippen LogP contribution in [0.1, 0.15) is 13.8 Å². The van der Waals surface area contributed by atoms with E-state index in [0.29, 0.717) is 28.7 Å². The number of rotatable bonds is 7. The van der Waals surface area contributed by atoms with Crippen LogP contribution in [-0.4, -0.2) is 51.1 Å². The number of H-pyrrole nitrogens is 1. The summed E-state index contributed by atoms with van der Waals surface area (Å²) in [5.41, 5.74) is 0.788. The fraction of sp³-hybridized carbons (Fsp3) is 0.375. The topological polar surface area (TPSA) is 83.0 Å². The van der Waals surface area contributed by atoms with E-state index in [0.717, 1.165) is 5.56 Å². The first kappa shape index (κ1) is 19.1. The summed E-state index contributed by atoms with van der Waals surface area (Å²) in [6.07, 6.45) is 0. The van der Waals surface area contributed by atoms with Crippen molar-refractivity contribution in [1.82, 2.24) is 25.0 Å². The van der Waals surface area contributed by atoms with Crippen LogP contribution in [0, 0.1) is 4.77 Å². The third-order valence-electron chi connectivity index (χ3n) is 3.60. The Labute approximate surface area is 156 Å². The first-order valence-corrected chi connectivity index (χ1v) is 8.70. The summed E-state index contributed by atoms with van der Waals surface area (Å²) in [6, 6.07) is 7.10. The molecule has 134 valence electrons. The van der Waals surface area contributed by atoms with Gasteiger partial charge in [0.05, 0.1) is 6.54 Å². The Hall–Kier alpha value is -2.19. The lowest BCUT2D eigenvalue weighted by atomic mass is 10.2. The second-order valence-corrected chi connectivity index (χ2v) is 6.13. The average molecular weight is 382 g/mol. The SMILES string of the molecule is CCNC(=O)CN(CC)C(=O)Cn1c(-c2ccc(Cl)cc2)n[nH]c1=S. The second-order valence-electron chi connectivity index (χ2n) is 5.31. The number of benzene rings is 1. The second kappa shape index (κ2) is 8.77. The Morgan fingerprint density at radius 1 is 1.32 bits per heavy atom. The van der Waals surface area contributed by atoms with Crippen molar-refractivity contribution in [2.45, 2.75) is 20.4 Å². The van der Waals surface area contributed by atoms with Gasteiger partial charge in [0.2, 0.25) is 11.8 Å². The molecule has 2 amide bonds. The molecule has 0 saturated heterocycles. The van der Waals surface area contributed by atoms with Gasteiger partial charge in [-0.2, -0.15) is 5.10 Å². The Balaban J connectivity index is 2.20. The molecule has 0 aliphatic rings. The van der Waals surface area contributed by atoms with Crippen LogP contribution in [0.2, 0.25) is 5.02 Å². The zero-order chi connectivity index (χ0) is 18.4. The molecule has 0 atom stereocenters. The van der Waals surface area contributed by atoms with E-state index in [9.17, 15) is 9.59 Å². The predicted octanol–water partition coefficient (Wildman–Crippen LogP) is 2.25. The molecule has 2 aromatic rings. The average Bonchev–Trinajstić information content (AvgIpc) is 2.94. The van der Waals surface area contributed by atoms with Crippen LogP contribution >= 0.6 is 23.8 Å². The molecule has 0 fully saturated rings. The molecule has 0 aliphatic heterocycles. The van der Waals surface area contributed by atoms with Crippen molar-refractivity contribution in [3.8, 4) is 11.4 Å². The molecule has 0 radical (unpaired) electrons. The van der Waals surface area contributed by atoms with Gasteiger partial charge >= 0.3 is 0 Å².